The Kier molecular flexibility index (Phi) is 7.17. The molecule has 0 aliphatic carbocycles. The molecular weight excluding hydrogens is 461 g/mol. The first-order valence-corrected chi connectivity index (χ1v) is 10.1. The molecule has 3 rings (SSSR count). The summed E-state index contributed by atoms with van der Waals surface area (Å²) < 4.78 is 0. The summed E-state index contributed by atoms with van der Waals surface area (Å²) in [6.45, 7) is 1.71. The summed E-state index contributed by atoms with van der Waals surface area (Å²) in [6, 6.07) is 15.7. The fourth-order valence-electron chi connectivity index (χ4n) is 2.62. The first-order chi connectivity index (χ1) is 14.7. The molecule has 0 unspecified atom stereocenters. The Bertz CT molecular complexity index is 1180. The lowest BCUT2D eigenvalue weighted by Gasteiger charge is -2.08. The molecule has 0 atom stereocenters. The summed E-state index contributed by atoms with van der Waals surface area (Å²) >= 11 is 17.8. The topological polar surface area (TPSA) is 90.8 Å². The van der Waals surface area contributed by atoms with Crippen LogP contribution in [0.4, 0.5) is 5.69 Å². The standard InChI is InChI=1S/C22H16Cl3N3O3/c1-12(27-28-22(31)18-10-14(23)5-9-20(18)29)13-2-6-16(7-3-13)26-21(30)17-8-4-15(24)11-19(17)25/h2-11,29H,1H3,(H,26,30)(H,28,31)/b27-12-. The van der Waals surface area contributed by atoms with Crippen molar-refractivity contribution in [3.8, 4) is 5.75 Å². The van der Waals surface area contributed by atoms with Crippen molar-refractivity contribution in [1.82, 2.24) is 5.43 Å². The van der Waals surface area contributed by atoms with Crippen LogP contribution >= 0.6 is 34.8 Å². The molecule has 0 spiro atoms. The van der Waals surface area contributed by atoms with Gasteiger partial charge < -0.3 is 10.4 Å². The van der Waals surface area contributed by atoms with Gasteiger partial charge in [0.05, 0.1) is 21.9 Å². The van der Waals surface area contributed by atoms with Crippen LogP contribution in [0.15, 0.2) is 65.8 Å². The monoisotopic (exact) mass is 475 g/mol. The van der Waals surface area contributed by atoms with Crippen molar-refractivity contribution < 1.29 is 14.7 Å². The molecule has 31 heavy (non-hydrogen) atoms. The number of phenols is 1. The van der Waals surface area contributed by atoms with E-state index in [2.05, 4.69) is 15.8 Å². The van der Waals surface area contributed by atoms with Crippen molar-refractivity contribution in [1.29, 1.82) is 0 Å². The van der Waals surface area contributed by atoms with E-state index in [0.29, 0.717) is 27.0 Å². The number of aromatic hydroxyl groups is 1. The van der Waals surface area contributed by atoms with E-state index in [-0.39, 0.29) is 22.2 Å². The predicted molar refractivity (Wildman–Crippen MR) is 124 cm³/mol. The number of anilines is 1. The summed E-state index contributed by atoms with van der Waals surface area (Å²) in [5, 5.41) is 17.6. The highest BCUT2D eigenvalue weighted by molar-refractivity contribution is 6.37. The predicted octanol–water partition coefficient (Wildman–Crippen LogP) is 5.76. The van der Waals surface area contributed by atoms with Gasteiger partial charge in [-0.15, -0.1) is 0 Å². The molecule has 9 heteroatoms. The Morgan fingerprint density at radius 3 is 2.16 bits per heavy atom. The van der Waals surface area contributed by atoms with Crippen molar-refractivity contribution in [3.63, 3.8) is 0 Å². The molecular formula is C22H16Cl3N3O3. The average molecular weight is 477 g/mol. The minimum Gasteiger partial charge on any atom is -0.507 e. The summed E-state index contributed by atoms with van der Waals surface area (Å²) in [7, 11) is 0. The molecule has 0 bridgehead atoms. The van der Waals surface area contributed by atoms with Crippen molar-refractivity contribution in [3.05, 3.63) is 92.4 Å². The van der Waals surface area contributed by atoms with Crippen LogP contribution in [0.2, 0.25) is 15.1 Å². The molecule has 0 aliphatic rings. The van der Waals surface area contributed by atoms with Gasteiger partial charge in [0.1, 0.15) is 5.75 Å². The molecule has 0 saturated heterocycles. The summed E-state index contributed by atoms with van der Waals surface area (Å²) in [5.74, 6) is -1.16. The molecule has 158 valence electrons. The number of nitrogens with zero attached hydrogens (tertiary/aromatic N) is 1. The van der Waals surface area contributed by atoms with Gasteiger partial charge in [-0.25, -0.2) is 5.43 Å². The minimum atomic E-state index is -0.594. The Balaban J connectivity index is 1.66. The number of carbonyl (C=O) groups excluding carboxylic acids is 2. The summed E-state index contributed by atoms with van der Waals surface area (Å²) in [6.07, 6.45) is 0. The van der Waals surface area contributed by atoms with Gasteiger partial charge in [0.2, 0.25) is 0 Å². The van der Waals surface area contributed by atoms with E-state index < -0.39 is 5.91 Å². The highest BCUT2D eigenvalue weighted by Crippen LogP contribution is 2.23. The number of halogens is 3. The molecule has 3 N–H and O–H groups in total. The maximum absolute atomic E-state index is 12.4. The Morgan fingerprint density at radius 1 is 0.839 bits per heavy atom. The maximum Gasteiger partial charge on any atom is 0.275 e. The third kappa shape index (κ3) is 5.76. The molecule has 3 aromatic carbocycles. The van der Waals surface area contributed by atoms with Gasteiger partial charge in [0.15, 0.2) is 0 Å². The largest absolute Gasteiger partial charge is 0.507 e. The quantitative estimate of drug-likeness (QED) is 0.323. The number of phenolic OH excluding ortho intramolecular Hbond substituents is 1. The smallest absolute Gasteiger partial charge is 0.275 e. The number of benzene rings is 3. The third-order valence-electron chi connectivity index (χ3n) is 4.26. The van der Waals surface area contributed by atoms with Crippen LogP contribution in [0.3, 0.4) is 0 Å². The van der Waals surface area contributed by atoms with Crippen molar-refractivity contribution in [2.75, 3.05) is 5.32 Å². The first-order valence-electron chi connectivity index (χ1n) is 8.94. The molecule has 0 heterocycles. The van der Waals surface area contributed by atoms with Crippen LogP contribution in [-0.2, 0) is 0 Å². The van der Waals surface area contributed by atoms with Crippen molar-refractivity contribution in [2.24, 2.45) is 5.10 Å². The van der Waals surface area contributed by atoms with Crippen LogP contribution in [-0.4, -0.2) is 22.6 Å². The molecule has 0 fully saturated rings. The molecule has 0 radical (unpaired) electrons. The zero-order chi connectivity index (χ0) is 22.5. The Labute approximate surface area is 193 Å². The minimum absolute atomic E-state index is 0.0166. The van der Waals surface area contributed by atoms with Gasteiger partial charge in [-0.2, -0.15) is 5.10 Å². The van der Waals surface area contributed by atoms with Gasteiger partial charge in [-0.3, -0.25) is 9.59 Å². The number of rotatable bonds is 5. The van der Waals surface area contributed by atoms with Gasteiger partial charge in [-0.05, 0) is 61.0 Å². The van der Waals surface area contributed by atoms with E-state index in [1.807, 2.05) is 0 Å². The van der Waals surface area contributed by atoms with Crippen LogP contribution < -0.4 is 10.7 Å². The van der Waals surface area contributed by atoms with Crippen LogP contribution in [0.5, 0.6) is 5.75 Å². The average Bonchev–Trinajstić information content (AvgIpc) is 2.74. The van der Waals surface area contributed by atoms with Crippen LogP contribution in [0.1, 0.15) is 33.2 Å². The van der Waals surface area contributed by atoms with E-state index in [4.69, 9.17) is 34.8 Å². The molecule has 6 nitrogen and oxygen atoms in total. The summed E-state index contributed by atoms with van der Waals surface area (Å²) in [5.41, 5.74) is 4.50. The zero-order valence-corrected chi connectivity index (χ0v) is 18.4. The number of hydrogen-bond acceptors (Lipinski definition) is 4. The van der Waals surface area contributed by atoms with Crippen LogP contribution in [0, 0.1) is 0 Å². The molecule has 0 aliphatic heterocycles. The lowest BCUT2D eigenvalue weighted by atomic mass is 10.1. The Morgan fingerprint density at radius 2 is 1.48 bits per heavy atom. The van der Waals surface area contributed by atoms with Gasteiger partial charge >= 0.3 is 0 Å². The number of amides is 2. The van der Waals surface area contributed by atoms with Crippen LogP contribution in [0.25, 0.3) is 0 Å². The lowest BCUT2D eigenvalue weighted by Crippen LogP contribution is -2.19. The van der Waals surface area contributed by atoms with Gasteiger partial charge in [0.25, 0.3) is 11.8 Å². The number of hydrogen-bond donors (Lipinski definition) is 3. The van der Waals surface area contributed by atoms with E-state index in [1.165, 1.54) is 24.3 Å². The lowest BCUT2D eigenvalue weighted by molar-refractivity contribution is 0.0951. The Hall–Kier alpha value is -3.06. The number of nitrogens with one attached hydrogen (secondary N) is 2. The van der Waals surface area contributed by atoms with E-state index in [9.17, 15) is 14.7 Å². The second-order valence-electron chi connectivity index (χ2n) is 6.46. The number of hydrazone groups is 1. The van der Waals surface area contributed by atoms with Gasteiger partial charge in [0, 0.05) is 15.7 Å². The van der Waals surface area contributed by atoms with Crippen molar-refractivity contribution in [2.45, 2.75) is 6.92 Å². The molecule has 3 aromatic rings. The molecule has 2 amide bonds. The highest BCUT2D eigenvalue weighted by Gasteiger charge is 2.13. The highest BCUT2D eigenvalue weighted by atomic mass is 35.5. The van der Waals surface area contributed by atoms with E-state index in [1.54, 1.807) is 43.3 Å². The SMILES string of the molecule is C/C(=N/NC(=O)c1cc(Cl)ccc1O)c1ccc(NC(=O)c2ccc(Cl)cc2Cl)cc1. The summed E-state index contributed by atoms with van der Waals surface area (Å²) in [4.78, 5) is 24.6. The molecule has 0 saturated carbocycles. The second kappa shape index (κ2) is 9.83. The van der Waals surface area contributed by atoms with Gasteiger partial charge in [-0.1, -0.05) is 46.9 Å². The fourth-order valence-corrected chi connectivity index (χ4v) is 3.28. The van der Waals surface area contributed by atoms with E-state index in [0.717, 1.165) is 5.56 Å². The zero-order valence-electron chi connectivity index (χ0n) is 16.1. The fraction of sp³-hybridized carbons (Fsp3) is 0.0455. The first kappa shape index (κ1) is 22.6. The second-order valence-corrected chi connectivity index (χ2v) is 7.74. The van der Waals surface area contributed by atoms with Crippen molar-refractivity contribution >= 4 is 58.0 Å². The third-order valence-corrected chi connectivity index (χ3v) is 5.05. The maximum atomic E-state index is 12.4. The normalized spacial score (nSPS) is 11.2. The molecule has 0 aromatic heterocycles. The number of carbonyl (C=O) groups is 2. The van der Waals surface area contributed by atoms with E-state index >= 15 is 0 Å².